The molecule has 0 heterocycles. The average Bonchev–Trinajstić information content (AvgIpc) is 2.14. The summed E-state index contributed by atoms with van der Waals surface area (Å²) >= 11 is 0. The van der Waals surface area contributed by atoms with E-state index in [1.807, 2.05) is 0 Å². The summed E-state index contributed by atoms with van der Waals surface area (Å²) in [5.74, 6) is -1.45. The zero-order chi connectivity index (χ0) is 11.5. The fourth-order valence-corrected chi connectivity index (χ4v) is 1.44. The van der Waals surface area contributed by atoms with E-state index in [0.717, 1.165) is 44.9 Å². The molecular formula is C11H22Cl2O4. The normalized spacial score (nSPS) is 8.94. The second-order valence-corrected chi connectivity index (χ2v) is 3.76. The Labute approximate surface area is 115 Å². The average molecular weight is 289 g/mol. The predicted molar refractivity (Wildman–Crippen MR) is 71.3 cm³/mol. The molecule has 0 saturated carbocycles. The van der Waals surface area contributed by atoms with Crippen LogP contribution in [-0.4, -0.2) is 22.2 Å². The van der Waals surface area contributed by atoms with Crippen LogP contribution in [0.2, 0.25) is 0 Å². The first-order chi connectivity index (χ1) is 7.13. The predicted octanol–water partition coefficient (Wildman–Crippen LogP) is 3.51. The first-order valence-corrected chi connectivity index (χ1v) is 5.56. The standard InChI is InChI=1S/C11H20O4.2ClH/c12-10(13)8-6-4-2-1-3-5-7-9-11(14)15;;/h1-9H2,(H,12,13)(H,14,15);2*1H. The first kappa shape index (κ1) is 21.8. The summed E-state index contributed by atoms with van der Waals surface area (Å²) in [4.78, 5) is 20.4. The van der Waals surface area contributed by atoms with Gasteiger partial charge in [-0.05, 0) is 12.8 Å². The van der Waals surface area contributed by atoms with Crippen LogP contribution >= 0.6 is 24.8 Å². The van der Waals surface area contributed by atoms with Gasteiger partial charge in [0, 0.05) is 12.8 Å². The van der Waals surface area contributed by atoms with Crippen LogP contribution in [-0.2, 0) is 9.59 Å². The van der Waals surface area contributed by atoms with Crippen molar-refractivity contribution in [1.82, 2.24) is 0 Å². The lowest BCUT2D eigenvalue weighted by Crippen LogP contribution is -1.94. The summed E-state index contributed by atoms with van der Waals surface area (Å²) in [5.41, 5.74) is 0. The molecule has 0 saturated heterocycles. The largest absolute Gasteiger partial charge is 0.481 e. The van der Waals surface area contributed by atoms with Gasteiger partial charge in [-0.1, -0.05) is 32.1 Å². The number of carboxylic acid groups (broad SMARTS) is 2. The van der Waals surface area contributed by atoms with Gasteiger partial charge in [-0.25, -0.2) is 0 Å². The maximum absolute atomic E-state index is 10.2. The number of rotatable bonds is 10. The molecule has 4 nitrogen and oxygen atoms in total. The minimum atomic E-state index is -0.726. The molecule has 0 aliphatic carbocycles. The lowest BCUT2D eigenvalue weighted by molar-refractivity contribution is -0.138. The van der Waals surface area contributed by atoms with Gasteiger partial charge >= 0.3 is 11.9 Å². The highest BCUT2D eigenvalue weighted by molar-refractivity contribution is 5.85. The summed E-state index contributed by atoms with van der Waals surface area (Å²) in [6, 6.07) is 0. The van der Waals surface area contributed by atoms with Crippen molar-refractivity contribution in [2.24, 2.45) is 0 Å². The van der Waals surface area contributed by atoms with Crippen molar-refractivity contribution in [2.75, 3.05) is 0 Å². The van der Waals surface area contributed by atoms with Crippen LogP contribution in [0.15, 0.2) is 0 Å². The molecule has 0 rings (SSSR count). The van der Waals surface area contributed by atoms with Crippen molar-refractivity contribution in [3.8, 4) is 0 Å². The van der Waals surface area contributed by atoms with Gasteiger partial charge in [0.1, 0.15) is 0 Å². The van der Waals surface area contributed by atoms with Gasteiger partial charge in [-0.15, -0.1) is 24.8 Å². The topological polar surface area (TPSA) is 74.6 Å². The molecule has 2 N–H and O–H groups in total. The van der Waals surface area contributed by atoms with E-state index in [4.69, 9.17) is 10.2 Å². The van der Waals surface area contributed by atoms with E-state index < -0.39 is 11.9 Å². The van der Waals surface area contributed by atoms with Crippen LogP contribution in [0.3, 0.4) is 0 Å². The minimum Gasteiger partial charge on any atom is -0.481 e. The van der Waals surface area contributed by atoms with Crippen LogP contribution in [0, 0.1) is 0 Å². The molecule has 17 heavy (non-hydrogen) atoms. The Morgan fingerprint density at radius 3 is 1.06 bits per heavy atom. The third-order valence-corrected chi connectivity index (χ3v) is 2.28. The Morgan fingerprint density at radius 2 is 0.824 bits per heavy atom. The van der Waals surface area contributed by atoms with Crippen LogP contribution < -0.4 is 0 Å². The Balaban J connectivity index is -0.000000980. The van der Waals surface area contributed by atoms with Crippen molar-refractivity contribution >= 4 is 36.8 Å². The number of carboxylic acids is 2. The number of halogens is 2. The molecule has 0 aromatic carbocycles. The van der Waals surface area contributed by atoms with Crippen molar-refractivity contribution in [1.29, 1.82) is 0 Å². The van der Waals surface area contributed by atoms with E-state index in [-0.39, 0.29) is 37.7 Å². The Morgan fingerprint density at radius 1 is 0.588 bits per heavy atom. The van der Waals surface area contributed by atoms with Crippen LogP contribution in [0.5, 0.6) is 0 Å². The monoisotopic (exact) mass is 288 g/mol. The van der Waals surface area contributed by atoms with Crippen LogP contribution in [0.1, 0.15) is 57.8 Å². The quantitative estimate of drug-likeness (QED) is 0.603. The zero-order valence-corrected chi connectivity index (χ0v) is 11.5. The fraction of sp³-hybridized carbons (Fsp3) is 0.818. The van der Waals surface area contributed by atoms with E-state index in [1.54, 1.807) is 0 Å². The highest BCUT2D eigenvalue weighted by atomic mass is 35.5. The number of hydrogen-bond acceptors (Lipinski definition) is 2. The minimum absolute atomic E-state index is 0. The lowest BCUT2D eigenvalue weighted by Gasteiger charge is -1.99. The van der Waals surface area contributed by atoms with E-state index in [1.165, 1.54) is 0 Å². The molecule has 0 radical (unpaired) electrons. The van der Waals surface area contributed by atoms with Crippen molar-refractivity contribution in [3.05, 3.63) is 0 Å². The maximum atomic E-state index is 10.2. The van der Waals surface area contributed by atoms with E-state index >= 15 is 0 Å². The van der Waals surface area contributed by atoms with Gasteiger partial charge < -0.3 is 10.2 Å². The van der Waals surface area contributed by atoms with E-state index in [0.29, 0.717) is 0 Å². The molecule has 0 aromatic heterocycles. The Bertz CT molecular complexity index is 178. The summed E-state index contributed by atoms with van der Waals surface area (Å²) < 4.78 is 0. The van der Waals surface area contributed by atoms with Crippen molar-refractivity contribution in [2.45, 2.75) is 57.8 Å². The molecule has 104 valence electrons. The van der Waals surface area contributed by atoms with Gasteiger partial charge in [0.25, 0.3) is 0 Å². The second-order valence-electron chi connectivity index (χ2n) is 3.76. The van der Waals surface area contributed by atoms with Gasteiger partial charge in [0.15, 0.2) is 0 Å². The lowest BCUT2D eigenvalue weighted by atomic mass is 10.1. The Kier molecular flexibility index (Phi) is 19.9. The molecule has 0 bridgehead atoms. The molecule has 0 atom stereocenters. The molecule has 0 aliphatic rings. The molecule has 0 unspecified atom stereocenters. The molecular weight excluding hydrogens is 267 g/mol. The Hall–Kier alpha value is -0.480. The highest BCUT2D eigenvalue weighted by Gasteiger charge is 1.98. The molecule has 0 aromatic rings. The van der Waals surface area contributed by atoms with Crippen LogP contribution in [0.25, 0.3) is 0 Å². The summed E-state index contributed by atoms with van der Waals surface area (Å²) in [6.07, 6.45) is 7.16. The summed E-state index contributed by atoms with van der Waals surface area (Å²) in [6.45, 7) is 0. The molecule has 0 fully saturated rings. The molecule has 0 spiro atoms. The smallest absolute Gasteiger partial charge is 0.303 e. The number of unbranched alkanes of at least 4 members (excludes halogenated alkanes) is 6. The van der Waals surface area contributed by atoms with Gasteiger partial charge in [0.2, 0.25) is 0 Å². The zero-order valence-electron chi connectivity index (χ0n) is 9.89. The van der Waals surface area contributed by atoms with Crippen molar-refractivity contribution in [3.63, 3.8) is 0 Å². The third-order valence-electron chi connectivity index (χ3n) is 2.28. The molecule has 6 heteroatoms. The highest BCUT2D eigenvalue weighted by Crippen LogP contribution is 2.09. The van der Waals surface area contributed by atoms with E-state index in [9.17, 15) is 9.59 Å². The first-order valence-electron chi connectivity index (χ1n) is 5.56. The molecule has 0 amide bonds. The summed E-state index contributed by atoms with van der Waals surface area (Å²) in [7, 11) is 0. The maximum Gasteiger partial charge on any atom is 0.303 e. The SMILES string of the molecule is Cl.Cl.O=C(O)CCCCCCCCCC(=O)O. The third kappa shape index (κ3) is 21.4. The van der Waals surface area contributed by atoms with E-state index in [2.05, 4.69) is 0 Å². The fourth-order valence-electron chi connectivity index (χ4n) is 1.44. The molecule has 0 aliphatic heterocycles. The van der Waals surface area contributed by atoms with Crippen LogP contribution in [0.4, 0.5) is 0 Å². The number of carbonyl (C=O) groups is 2. The van der Waals surface area contributed by atoms with Gasteiger partial charge in [0.05, 0.1) is 0 Å². The van der Waals surface area contributed by atoms with Gasteiger partial charge in [-0.2, -0.15) is 0 Å². The second kappa shape index (κ2) is 15.5. The number of hydrogen-bond donors (Lipinski definition) is 2. The number of aliphatic carboxylic acids is 2. The van der Waals surface area contributed by atoms with Gasteiger partial charge in [-0.3, -0.25) is 9.59 Å². The van der Waals surface area contributed by atoms with Crippen molar-refractivity contribution < 1.29 is 19.8 Å². The summed E-state index contributed by atoms with van der Waals surface area (Å²) in [5, 5.41) is 16.8.